The molecule has 0 radical (unpaired) electrons. The van der Waals surface area contributed by atoms with Crippen molar-refractivity contribution in [2.75, 3.05) is 5.32 Å². The average Bonchev–Trinajstić information content (AvgIpc) is 3.01. The van der Waals surface area contributed by atoms with E-state index in [1.54, 1.807) is 0 Å². The van der Waals surface area contributed by atoms with Gasteiger partial charge in [0.1, 0.15) is 6.04 Å². The molecule has 0 spiro atoms. The molecule has 3 rings (SSSR count). The topological polar surface area (TPSA) is 53.2 Å². The number of carbonyl (C=O) groups is 1. The highest BCUT2D eigenvalue weighted by molar-refractivity contribution is 5.95. The van der Waals surface area contributed by atoms with Crippen molar-refractivity contribution in [3.8, 4) is 0 Å². The summed E-state index contributed by atoms with van der Waals surface area (Å²) in [6.45, 7) is 4.34. The summed E-state index contributed by atoms with van der Waals surface area (Å²) in [5, 5.41) is 3.02. The van der Waals surface area contributed by atoms with Crippen LogP contribution in [0.2, 0.25) is 0 Å². The molecule has 2 fully saturated rings. The molecular weight excluding hydrogens is 250 g/mol. The van der Waals surface area contributed by atoms with Crippen molar-refractivity contribution >= 4 is 11.6 Å². The van der Waals surface area contributed by atoms with Crippen LogP contribution in [0.4, 0.5) is 5.69 Å². The lowest BCUT2D eigenvalue weighted by molar-refractivity contribution is -0.118. The van der Waals surface area contributed by atoms with Gasteiger partial charge in [-0.3, -0.25) is 10.2 Å². The molecular formula is C16H23N3O. The van der Waals surface area contributed by atoms with E-state index >= 15 is 0 Å². The molecule has 108 valence electrons. The first kappa shape index (κ1) is 13.6. The maximum atomic E-state index is 12.4. The second kappa shape index (κ2) is 5.54. The Morgan fingerprint density at radius 2 is 1.95 bits per heavy atom. The Morgan fingerprint density at radius 3 is 2.65 bits per heavy atom. The van der Waals surface area contributed by atoms with E-state index in [0.29, 0.717) is 17.9 Å². The van der Waals surface area contributed by atoms with Crippen LogP contribution in [0.3, 0.4) is 0 Å². The maximum absolute atomic E-state index is 12.4. The molecule has 4 heteroatoms. The van der Waals surface area contributed by atoms with Crippen molar-refractivity contribution in [2.24, 2.45) is 5.92 Å². The van der Waals surface area contributed by atoms with Gasteiger partial charge >= 0.3 is 0 Å². The summed E-state index contributed by atoms with van der Waals surface area (Å²) in [6.07, 6.45) is 3.52. The van der Waals surface area contributed by atoms with Crippen LogP contribution < -0.4 is 16.2 Å². The van der Waals surface area contributed by atoms with Crippen molar-refractivity contribution in [2.45, 2.75) is 51.1 Å². The molecule has 1 aliphatic heterocycles. The smallest absolute Gasteiger partial charge is 0.243 e. The van der Waals surface area contributed by atoms with Crippen LogP contribution in [0.25, 0.3) is 0 Å². The number of benzene rings is 1. The molecule has 1 amide bonds. The van der Waals surface area contributed by atoms with Gasteiger partial charge in [0, 0.05) is 17.6 Å². The molecule has 1 aromatic carbocycles. The molecule has 3 N–H and O–H groups in total. The molecule has 0 aromatic heterocycles. The number of hydrogen-bond donors (Lipinski definition) is 3. The monoisotopic (exact) mass is 273 g/mol. The summed E-state index contributed by atoms with van der Waals surface area (Å²) >= 11 is 0. The number of amides is 1. The van der Waals surface area contributed by atoms with Gasteiger partial charge in [-0.25, -0.2) is 5.43 Å². The molecule has 3 atom stereocenters. The van der Waals surface area contributed by atoms with Gasteiger partial charge in [0.15, 0.2) is 0 Å². The quantitative estimate of drug-likeness (QED) is 0.792. The number of anilines is 1. The Balaban J connectivity index is 1.64. The highest BCUT2D eigenvalue weighted by Crippen LogP contribution is 2.32. The van der Waals surface area contributed by atoms with Crippen molar-refractivity contribution in [3.05, 3.63) is 29.8 Å². The van der Waals surface area contributed by atoms with Gasteiger partial charge in [0.05, 0.1) is 0 Å². The summed E-state index contributed by atoms with van der Waals surface area (Å²) in [5.41, 5.74) is 8.56. The molecule has 1 heterocycles. The molecule has 0 bridgehead atoms. The number of rotatable bonds is 3. The van der Waals surface area contributed by atoms with Crippen LogP contribution in [0.15, 0.2) is 24.3 Å². The fraction of sp³-hybridized carbons (Fsp3) is 0.562. The lowest BCUT2D eigenvalue weighted by atomic mass is 9.96. The fourth-order valence-electron chi connectivity index (χ4n) is 3.30. The Kier molecular flexibility index (Phi) is 3.76. The highest BCUT2D eigenvalue weighted by atomic mass is 16.2. The van der Waals surface area contributed by atoms with E-state index in [2.05, 4.69) is 42.1 Å². The first-order chi connectivity index (χ1) is 9.65. The molecule has 20 heavy (non-hydrogen) atoms. The Bertz CT molecular complexity index is 483. The zero-order chi connectivity index (χ0) is 14.1. The second-order valence-electron chi connectivity index (χ2n) is 6.23. The van der Waals surface area contributed by atoms with E-state index in [-0.39, 0.29) is 11.9 Å². The Morgan fingerprint density at radius 1 is 1.20 bits per heavy atom. The van der Waals surface area contributed by atoms with E-state index < -0.39 is 0 Å². The van der Waals surface area contributed by atoms with Gasteiger partial charge in [-0.2, -0.15) is 0 Å². The van der Waals surface area contributed by atoms with E-state index in [9.17, 15) is 4.79 Å². The van der Waals surface area contributed by atoms with E-state index in [1.807, 2.05) is 12.1 Å². The largest absolute Gasteiger partial charge is 0.325 e. The van der Waals surface area contributed by atoms with Crippen molar-refractivity contribution in [1.29, 1.82) is 0 Å². The zero-order valence-corrected chi connectivity index (χ0v) is 12.1. The van der Waals surface area contributed by atoms with Gasteiger partial charge in [-0.05, 0) is 36.5 Å². The molecule has 1 aliphatic carbocycles. The summed E-state index contributed by atoms with van der Waals surface area (Å²) in [7, 11) is 0. The molecule has 1 saturated heterocycles. The summed E-state index contributed by atoms with van der Waals surface area (Å²) in [6, 6.07) is 8.50. The SMILES string of the molecule is CC(C)c1ccc(NC(=O)C2NNC3CCCC32)cc1. The van der Waals surface area contributed by atoms with Gasteiger partial charge in [0.25, 0.3) is 0 Å². The Hall–Kier alpha value is -1.39. The second-order valence-corrected chi connectivity index (χ2v) is 6.23. The van der Waals surface area contributed by atoms with E-state index in [4.69, 9.17) is 0 Å². The maximum Gasteiger partial charge on any atom is 0.243 e. The first-order valence-corrected chi connectivity index (χ1v) is 7.57. The fourth-order valence-corrected chi connectivity index (χ4v) is 3.30. The normalized spacial score (nSPS) is 28.6. The zero-order valence-electron chi connectivity index (χ0n) is 12.1. The molecule has 3 unspecified atom stereocenters. The number of carbonyl (C=O) groups excluding carboxylic acids is 1. The van der Waals surface area contributed by atoms with Gasteiger partial charge in [-0.15, -0.1) is 0 Å². The highest BCUT2D eigenvalue weighted by Gasteiger charge is 2.42. The molecule has 1 saturated carbocycles. The number of hydrogen-bond acceptors (Lipinski definition) is 3. The van der Waals surface area contributed by atoms with Crippen LogP contribution in [0.1, 0.15) is 44.6 Å². The minimum absolute atomic E-state index is 0.0733. The first-order valence-electron chi connectivity index (χ1n) is 7.57. The van der Waals surface area contributed by atoms with Crippen LogP contribution in [-0.2, 0) is 4.79 Å². The summed E-state index contributed by atoms with van der Waals surface area (Å²) in [5.74, 6) is 1.02. The number of fused-ring (bicyclic) bond motifs is 1. The number of nitrogens with one attached hydrogen (secondary N) is 3. The predicted octanol–water partition coefficient (Wildman–Crippen LogP) is 2.39. The third kappa shape index (κ3) is 2.58. The van der Waals surface area contributed by atoms with Crippen molar-refractivity contribution < 1.29 is 4.79 Å². The summed E-state index contributed by atoms with van der Waals surface area (Å²) < 4.78 is 0. The van der Waals surface area contributed by atoms with Crippen LogP contribution in [0, 0.1) is 5.92 Å². The molecule has 4 nitrogen and oxygen atoms in total. The van der Waals surface area contributed by atoms with Crippen LogP contribution in [0.5, 0.6) is 0 Å². The van der Waals surface area contributed by atoms with Gasteiger partial charge in [-0.1, -0.05) is 32.4 Å². The van der Waals surface area contributed by atoms with Crippen molar-refractivity contribution in [1.82, 2.24) is 10.9 Å². The third-order valence-corrected chi connectivity index (χ3v) is 4.55. The lowest BCUT2D eigenvalue weighted by Gasteiger charge is -2.16. The summed E-state index contributed by atoms with van der Waals surface area (Å²) in [4.78, 5) is 12.4. The standard InChI is InChI=1S/C16H23N3O/c1-10(2)11-6-8-12(9-7-11)17-16(20)15-13-4-3-5-14(13)18-19-15/h6-10,13-15,18-19H,3-5H2,1-2H3,(H,17,20). The van der Waals surface area contributed by atoms with E-state index in [1.165, 1.54) is 18.4 Å². The van der Waals surface area contributed by atoms with Gasteiger partial charge in [0.2, 0.25) is 5.91 Å². The average molecular weight is 273 g/mol. The Labute approximate surface area is 120 Å². The predicted molar refractivity (Wildman–Crippen MR) is 80.3 cm³/mol. The van der Waals surface area contributed by atoms with Crippen LogP contribution in [-0.4, -0.2) is 18.0 Å². The number of hydrazine groups is 1. The lowest BCUT2D eigenvalue weighted by Crippen LogP contribution is -2.42. The molecule has 2 aliphatic rings. The minimum Gasteiger partial charge on any atom is -0.325 e. The van der Waals surface area contributed by atoms with Crippen molar-refractivity contribution in [3.63, 3.8) is 0 Å². The van der Waals surface area contributed by atoms with Gasteiger partial charge < -0.3 is 5.32 Å². The molecule has 1 aromatic rings. The minimum atomic E-state index is -0.104. The van der Waals surface area contributed by atoms with Crippen LogP contribution >= 0.6 is 0 Å². The third-order valence-electron chi connectivity index (χ3n) is 4.55. The van der Waals surface area contributed by atoms with E-state index in [0.717, 1.165) is 12.1 Å².